The van der Waals surface area contributed by atoms with E-state index in [1.807, 2.05) is 13.3 Å². The van der Waals surface area contributed by atoms with Crippen molar-refractivity contribution in [3.05, 3.63) is 12.4 Å². The molecule has 1 rings (SSSR count). The molecule has 0 bridgehead atoms. The minimum absolute atomic E-state index is 0.242. The van der Waals surface area contributed by atoms with Crippen molar-refractivity contribution in [2.24, 2.45) is 0 Å². The second-order valence-electron chi connectivity index (χ2n) is 4.49. The van der Waals surface area contributed by atoms with Gasteiger partial charge in [0, 0.05) is 19.3 Å². The third kappa shape index (κ3) is 6.25. The Balaban J connectivity index is 2.42. The van der Waals surface area contributed by atoms with E-state index in [0.717, 1.165) is 31.6 Å². The number of aromatic nitrogens is 2. The van der Waals surface area contributed by atoms with E-state index in [9.17, 15) is 8.42 Å². The van der Waals surface area contributed by atoms with Gasteiger partial charge < -0.3 is 5.32 Å². The van der Waals surface area contributed by atoms with Crippen molar-refractivity contribution in [3.63, 3.8) is 0 Å². The summed E-state index contributed by atoms with van der Waals surface area (Å²) < 4.78 is 28.3. The second kappa shape index (κ2) is 9.38. The Kier molecular flexibility index (Phi) is 8.20. The quantitative estimate of drug-likeness (QED) is 0.593. The molecule has 0 radical (unpaired) electrons. The summed E-state index contributed by atoms with van der Waals surface area (Å²) in [5, 5.41) is 7.12. The van der Waals surface area contributed by atoms with Crippen LogP contribution in [0.4, 0.5) is 0 Å². The number of nitrogens with one attached hydrogen (secondary N) is 2. The monoisotopic (exact) mass is 320 g/mol. The summed E-state index contributed by atoms with van der Waals surface area (Å²) in [4.78, 5) is 0.242. The van der Waals surface area contributed by atoms with Crippen molar-refractivity contribution in [2.75, 3.05) is 32.1 Å². The van der Waals surface area contributed by atoms with Crippen LogP contribution in [0.15, 0.2) is 17.3 Å². The molecule has 2 N–H and O–H groups in total. The maximum Gasteiger partial charge on any atom is 0.243 e. The van der Waals surface area contributed by atoms with Crippen LogP contribution in [0.3, 0.4) is 0 Å². The van der Waals surface area contributed by atoms with E-state index in [1.165, 1.54) is 6.20 Å². The molecule has 116 valence electrons. The maximum atomic E-state index is 12.0. The summed E-state index contributed by atoms with van der Waals surface area (Å²) >= 11 is 1.77. The van der Waals surface area contributed by atoms with Crippen molar-refractivity contribution in [3.8, 4) is 0 Å². The molecule has 0 aliphatic heterocycles. The Morgan fingerprint density at radius 2 is 2.10 bits per heavy atom. The smallest absolute Gasteiger partial charge is 0.243 e. The van der Waals surface area contributed by atoms with Crippen LogP contribution in [0.5, 0.6) is 0 Å². The summed E-state index contributed by atoms with van der Waals surface area (Å²) in [5.41, 5.74) is 0. The first-order chi connectivity index (χ1) is 9.60. The molecule has 0 aliphatic carbocycles. The fraction of sp³-hybridized carbons (Fsp3) is 0.750. The average Bonchev–Trinajstić information content (AvgIpc) is 2.88. The predicted molar refractivity (Wildman–Crippen MR) is 83.6 cm³/mol. The van der Waals surface area contributed by atoms with Gasteiger partial charge in [-0.2, -0.15) is 16.9 Å². The first kappa shape index (κ1) is 17.5. The van der Waals surface area contributed by atoms with Crippen LogP contribution in [0.1, 0.15) is 19.3 Å². The highest BCUT2D eigenvalue weighted by molar-refractivity contribution is 7.98. The second-order valence-corrected chi connectivity index (χ2v) is 7.25. The Morgan fingerprint density at radius 3 is 2.80 bits per heavy atom. The van der Waals surface area contributed by atoms with Crippen molar-refractivity contribution >= 4 is 21.8 Å². The van der Waals surface area contributed by atoms with Gasteiger partial charge in [0.25, 0.3) is 0 Å². The van der Waals surface area contributed by atoms with Crippen LogP contribution in [-0.4, -0.2) is 50.3 Å². The Hall–Kier alpha value is -0.570. The highest BCUT2D eigenvalue weighted by atomic mass is 32.2. The van der Waals surface area contributed by atoms with Crippen molar-refractivity contribution in [1.82, 2.24) is 19.8 Å². The highest BCUT2D eigenvalue weighted by Crippen LogP contribution is 2.07. The SMILES string of the molecule is CNCCCn1cc(S(=O)(=O)NCCCCSC)cn1. The summed E-state index contributed by atoms with van der Waals surface area (Å²) in [5.74, 6) is 1.06. The molecular formula is C12H24N4O2S2. The molecule has 8 heteroatoms. The van der Waals surface area contributed by atoms with Crippen LogP contribution >= 0.6 is 11.8 Å². The molecule has 0 atom stereocenters. The minimum atomic E-state index is -3.41. The molecule has 0 saturated carbocycles. The lowest BCUT2D eigenvalue weighted by molar-refractivity contribution is 0.559. The predicted octanol–water partition coefficient (Wildman–Crippen LogP) is 0.914. The van der Waals surface area contributed by atoms with E-state index in [4.69, 9.17) is 0 Å². The van der Waals surface area contributed by atoms with Gasteiger partial charge in [-0.05, 0) is 44.9 Å². The van der Waals surface area contributed by atoms with Gasteiger partial charge in [0.05, 0.1) is 6.20 Å². The van der Waals surface area contributed by atoms with Gasteiger partial charge >= 0.3 is 0 Å². The Bertz CT molecular complexity index is 474. The number of hydrogen-bond donors (Lipinski definition) is 2. The van der Waals surface area contributed by atoms with E-state index in [0.29, 0.717) is 13.1 Å². The molecule has 0 fully saturated rings. The lowest BCUT2D eigenvalue weighted by Gasteiger charge is -2.04. The number of aryl methyl sites for hydroxylation is 1. The number of unbranched alkanes of at least 4 members (excludes halogenated alkanes) is 1. The van der Waals surface area contributed by atoms with Gasteiger partial charge in [-0.1, -0.05) is 0 Å². The fourth-order valence-corrected chi connectivity index (χ4v) is 3.20. The molecule has 1 heterocycles. The third-order valence-corrected chi connectivity index (χ3v) is 4.91. The first-order valence-electron chi connectivity index (χ1n) is 6.76. The Morgan fingerprint density at radius 1 is 1.30 bits per heavy atom. The molecule has 0 spiro atoms. The molecule has 0 aromatic carbocycles. The van der Waals surface area contributed by atoms with Crippen molar-refractivity contribution in [2.45, 2.75) is 30.7 Å². The lowest BCUT2D eigenvalue weighted by atomic mass is 10.3. The van der Waals surface area contributed by atoms with Crippen molar-refractivity contribution < 1.29 is 8.42 Å². The molecule has 0 unspecified atom stereocenters. The number of nitrogens with zero attached hydrogens (tertiary/aromatic N) is 2. The summed E-state index contributed by atoms with van der Waals surface area (Å²) in [6.07, 6.45) is 7.83. The molecule has 1 aromatic rings. The molecule has 0 saturated heterocycles. The average molecular weight is 320 g/mol. The van der Waals surface area contributed by atoms with Crippen LogP contribution in [0, 0.1) is 0 Å². The van der Waals surface area contributed by atoms with Gasteiger partial charge in [-0.25, -0.2) is 13.1 Å². The summed E-state index contributed by atoms with van der Waals surface area (Å²) in [6, 6.07) is 0. The summed E-state index contributed by atoms with van der Waals surface area (Å²) in [6.45, 7) is 2.08. The molecule has 1 aromatic heterocycles. The van der Waals surface area contributed by atoms with Gasteiger partial charge in [-0.3, -0.25) is 4.68 Å². The van der Waals surface area contributed by atoms with Crippen LogP contribution in [0.25, 0.3) is 0 Å². The van der Waals surface area contributed by atoms with Crippen LogP contribution < -0.4 is 10.0 Å². The number of rotatable bonds is 11. The van der Waals surface area contributed by atoms with Gasteiger partial charge in [0.1, 0.15) is 4.90 Å². The third-order valence-electron chi connectivity index (χ3n) is 2.80. The van der Waals surface area contributed by atoms with E-state index in [1.54, 1.807) is 22.6 Å². The Labute approximate surface area is 125 Å². The van der Waals surface area contributed by atoms with Gasteiger partial charge in [0.2, 0.25) is 10.0 Å². The molecule has 20 heavy (non-hydrogen) atoms. The largest absolute Gasteiger partial charge is 0.320 e. The van der Waals surface area contributed by atoms with Crippen LogP contribution in [0.2, 0.25) is 0 Å². The normalized spacial score (nSPS) is 11.9. The fourth-order valence-electron chi connectivity index (χ4n) is 1.68. The van der Waals surface area contributed by atoms with Gasteiger partial charge in [-0.15, -0.1) is 0 Å². The number of hydrogen-bond acceptors (Lipinski definition) is 5. The maximum absolute atomic E-state index is 12.0. The van der Waals surface area contributed by atoms with Crippen LogP contribution in [-0.2, 0) is 16.6 Å². The zero-order valence-corrected chi connectivity index (χ0v) is 13.8. The van der Waals surface area contributed by atoms with Crippen molar-refractivity contribution in [1.29, 1.82) is 0 Å². The van der Waals surface area contributed by atoms with E-state index >= 15 is 0 Å². The topological polar surface area (TPSA) is 76.0 Å². The molecule has 0 amide bonds. The number of thioether (sulfide) groups is 1. The lowest BCUT2D eigenvalue weighted by Crippen LogP contribution is -2.24. The minimum Gasteiger partial charge on any atom is -0.320 e. The molecule has 6 nitrogen and oxygen atoms in total. The molecule has 0 aliphatic rings. The van der Waals surface area contributed by atoms with Gasteiger partial charge in [0.15, 0.2) is 0 Å². The summed E-state index contributed by atoms with van der Waals surface area (Å²) in [7, 11) is -1.52. The standard InChI is InChI=1S/C12H24N4O2S2/c1-13-6-5-8-16-11-12(10-14-16)20(17,18)15-7-3-4-9-19-2/h10-11,13,15H,3-9H2,1-2H3. The zero-order valence-electron chi connectivity index (χ0n) is 12.1. The first-order valence-corrected chi connectivity index (χ1v) is 9.63. The molecular weight excluding hydrogens is 296 g/mol. The van der Waals surface area contributed by atoms with E-state index < -0.39 is 10.0 Å². The van der Waals surface area contributed by atoms with E-state index in [-0.39, 0.29) is 4.90 Å². The van der Waals surface area contributed by atoms with E-state index in [2.05, 4.69) is 15.1 Å². The highest BCUT2D eigenvalue weighted by Gasteiger charge is 2.15. The zero-order chi connectivity index (χ0) is 14.8. The number of sulfonamides is 1.